The van der Waals surface area contributed by atoms with E-state index in [1.807, 2.05) is 0 Å². The maximum absolute atomic E-state index is 12.1. The number of amides is 1. The van der Waals surface area contributed by atoms with Gasteiger partial charge in [0.2, 0.25) is 5.91 Å². The highest BCUT2D eigenvalue weighted by atomic mass is 16.2. The van der Waals surface area contributed by atoms with E-state index in [1.54, 1.807) is 0 Å². The van der Waals surface area contributed by atoms with Crippen LogP contribution < -0.4 is 16.2 Å². The van der Waals surface area contributed by atoms with Crippen molar-refractivity contribution in [3.8, 4) is 0 Å². The highest BCUT2D eigenvalue weighted by Crippen LogP contribution is 2.35. The van der Waals surface area contributed by atoms with Gasteiger partial charge in [0.1, 0.15) is 0 Å². The van der Waals surface area contributed by atoms with Crippen LogP contribution in [0.2, 0.25) is 0 Å². The van der Waals surface area contributed by atoms with Crippen LogP contribution in [0, 0.1) is 11.8 Å². The number of hydrazine groups is 1. The van der Waals surface area contributed by atoms with E-state index in [-0.39, 0.29) is 11.8 Å². The molecule has 3 unspecified atom stereocenters. The van der Waals surface area contributed by atoms with Crippen molar-refractivity contribution in [3.63, 3.8) is 0 Å². The summed E-state index contributed by atoms with van der Waals surface area (Å²) in [5, 5.41) is 3.58. The highest BCUT2D eigenvalue weighted by Gasteiger charge is 2.39. The number of fused-ring (bicyclic) bond motifs is 1. The molecular weight excluding hydrogens is 286 g/mol. The summed E-state index contributed by atoms with van der Waals surface area (Å²) in [4.78, 5) is 12.1. The average molecular weight is 313 g/mol. The molecule has 23 heavy (non-hydrogen) atoms. The Morgan fingerprint density at radius 3 is 2.78 bits per heavy atom. The molecule has 1 aromatic rings. The summed E-state index contributed by atoms with van der Waals surface area (Å²) in [7, 11) is 0. The minimum Gasteiger partial charge on any atom is -0.310 e. The lowest BCUT2D eigenvalue weighted by atomic mass is 9.72. The van der Waals surface area contributed by atoms with Crippen LogP contribution in [0.1, 0.15) is 49.7 Å². The monoisotopic (exact) mass is 313 g/mol. The van der Waals surface area contributed by atoms with E-state index >= 15 is 0 Å². The lowest BCUT2D eigenvalue weighted by Crippen LogP contribution is -2.60. The standard InChI is InChI=1S/C19H27N3O/c23-19-17-7-2-1-6-16(17)18(21-22-19)11-13-4-3-5-14(10-13)12-20-15-8-9-15/h3-5,10,15-18,20-21H,1-2,6-9,11-12H2,(H,22,23). The Hall–Kier alpha value is -1.39. The molecule has 1 saturated heterocycles. The Balaban J connectivity index is 1.42. The predicted octanol–water partition coefficient (Wildman–Crippen LogP) is 2.29. The maximum Gasteiger partial charge on any atom is 0.237 e. The molecule has 1 amide bonds. The molecule has 4 heteroatoms. The molecule has 1 aromatic carbocycles. The molecule has 3 aliphatic rings. The summed E-state index contributed by atoms with van der Waals surface area (Å²) in [5.74, 6) is 0.911. The minimum absolute atomic E-state index is 0.202. The fraction of sp³-hybridized carbons (Fsp3) is 0.632. The van der Waals surface area contributed by atoms with Crippen LogP contribution in [0.4, 0.5) is 0 Å². The second-order valence-electron chi connectivity index (χ2n) is 7.47. The molecule has 1 heterocycles. The Morgan fingerprint density at radius 2 is 1.91 bits per heavy atom. The first kappa shape index (κ1) is 15.2. The zero-order chi connectivity index (χ0) is 15.6. The number of rotatable bonds is 5. The minimum atomic E-state index is 0.202. The largest absolute Gasteiger partial charge is 0.310 e. The lowest BCUT2D eigenvalue weighted by Gasteiger charge is -2.41. The van der Waals surface area contributed by atoms with E-state index < -0.39 is 0 Å². The van der Waals surface area contributed by atoms with Gasteiger partial charge >= 0.3 is 0 Å². The summed E-state index contributed by atoms with van der Waals surface area (Å²) in [6.07, 6.45) is 8.35. The van der Waals surface area contributed by atoms with E-state index in [1.165, 1.54) is 43.2 Å². The Morgan fingerprint density at radius 1 is 1.09 bits per heavy atom. The van der Waals surface area contributed by atoms with Crippen LogP contribution in [-0.4, -0.2) is 18.0 Å². The van der Waals surface area contributed by atoms with E-state index in [9.17, 15) is 4.79 Å². The van der Waals surface area contributed by atoms with E-state index in [4.69, 9.17) is 0 Å². The first-order valence-corrected chi connectivity index (χ1v) is 9.16. The first-order valence-electron chi connectivity index (χ1n) is 9.16. The number of nitrogens with one attached hydrogen (secondary N) is 3. The fourth-order valence-electron chi connectivity index (χ4n) is 4.20. The number of carbonyl (C=O) groups excluding carboxylic acids is 1. The second kappa shape index (κ2) is 6.62. The maximum atomic E-state index is 12.1. The van der Waals surface area contributed by atoms with E-state index in [0.717, 1.165) is 25.4 Å². The molecule has 0 radical (unpaired) electrons. The SMILES string of the molecule is O=C1NNC(Cc2cccc(CNC3CC3)c2)C2CCCCC12. The quantitative estimate of drug-likeness (QED) is 0.782. The average Bonchev–Trinajstić information content (AvgIpc) is 3.41. The highest BCUT2D eigenvalue weighted by molar-refractivity contribution is 5.79. The van der Waals surface area contributed by atoms with Gasteiger partial charge in [-0.2, -0.15) is 0 Å². The summed E-state index contributed by atoms with van der Waals surface area (Å²) in [6, 6.07) is 10.0. The van der Waals surface area contributed by atoms with Crippen LogP contribution >= 0.6 is 0 Å². The second-order valence-corrected chi connectivity index (χ2v) is 7.47. The summed E-state index contributed by atoms with van der Waals surface area (Å²) in [5.41, 5.74) is 8.94. The zero-order valence-corrected chi connectivity index (χ0v) is 13.7. The predicted molar refractivity (Wildman–Crippen MR) is 90.5 cm³/mol. The third-order valence-electron chi connectivity index (χ3n) is 5.67. The van der Waals surface area contributed by atoms with Crippen molar-refractivity contribution in [1.29, 1.82) is 0 Å². The van der Waals surface area contributed by atoms with Gasteiger partial charge < -0.3 is 5.32 Å². The molecular formula is C19H27N3O. The fourth-order valence-corrected chi connectivity index (χ4v) is 4.20. The molecule has 3 N–H and O–H groups in total. The molecule has 0 aromatic heterocycles. The van der Waals surface area contributed by atoms with Crippen LogP contribution in [0.15, 0.2) is 24.3 Å². The smallest absolute Gasteiger partial charge is 0.237 e. The summed E-state index contributed by atoms with van der Waals surface area (Å²) >= 11 is 0. The molecule has 1 aliphatic heterocycles. The van der Waals surface area contributed by atoms with Crippen molar-refractivity contribution in [2.45, 2.75) is 63.6 Å². The molecule has 2 saturated carbocycles. The van der Waals surface area contributed by atoms with Gasteiger partial charge in [0.15, 0.2) is 0 Å². The molecule has 3 fully saturated rings. The van der Waals surface area contributed by atoms with Crippen LogP contribution in [-0.2, 0) is 17.8 Å². The van der Waals surface area contributed by atoms with Crippen molar-refractivity contribution in [1.82, 2.24) is 16.2 Å². The molecule has 0 spiro atoms. The Bertz CT molecular complexity index is 569. The van der Waals surface area contributed by atoms with Gasteiger partial charge in [0.05, 0.1) is 0 Å². The van der Waals surface area contributed by atoms with Gasteiger partial charge in [-0.1, -0.05) is 37.1 Å². The van der Waals surface area contributed by atoms with E-state index in [2.05, 4.69) is 40.4 Å². The van der Waals surface area contributed by atoms with Gasteiger partial charge in [0, 0.05) is 24.5 Å². The van der Waals surface area contributed by atoms with Crippen LogP contribution in [0.3, 0.4) is 0 Å². The van der Waals surface area contributed by atoms with Crippen molar-refractivity contribution in [2.75, 3.05) is 0 Å². The first-order chi connectivity index (χ1) is 11.3. The van der Waals surface area contributed by atoms with E-state index in [0.29, 0.717) is 12.0 Å². The number of benzene rings is 1. The molecule has 0 bridgehead atoms. The Kier molecular flexibility index (Phi) is 4.36. The molecule has 2 aliphatic carbocycles. The molecule has 3 atom stereocenters. The molecule has 4 rings (SSSR count). The zero-order valence-electron chi connectivity index (χ0n) is 13.7. The van der Waals surface area contributed by atoms with Gasteiger partial charge in [-0.25, -0.2) is 5.43 Å². The van der Waals surface area contributed by atoms with Crippen molar-refractivity contribution < 1.29 is 4.79 Å². The third kappa shape index (κ3) is 3.59. The number of carbonyl (C=O) groups is 1. The van der Waals surface area contributed by atoms with Crippen LogP contribution in [0.25, 0.3) is 0 Å². The molecule has 4 nitrogen and oxygen atoms in total. The Labute approximate surface area is 138 Å². The van der Waals surface area contributed by atoms with Gasteiger partial charge in [-0.3, -0.25) is 10.2 Å². The lowest BCUT2D eigenvalue weighted by molar-refractivity contribution is -0.133. The third-order valence-corrected chi connectivity index (χ3v) is 5.67. The van der Waals surface area contributed by atoms with Gasteiger partial charge in [-0.15, -0.1) is 0 Å². The van der Waals surface area contributed by atoms with Crippen LogP contribution in [0.5, 0.6) is 0 Å². The van der Waals surface area contributed by atoms with Crippen molar-refractivity contribution >= 4 is 5.91 Å². The van der Waals surface area contributed by atoms with Crippen molar-refractivity contribution in [3.05, 3.63) is 35.4 Å². The normalized spacial score (nSPS) is 30.6. The van der Waals surface area contributed by atoms with Gasteiger partial charge in [-0.05, 0) is 49.1 Å². The number of hydrogen-bond acceptors (Lipinski definition) is 3. The summed E-state index contributed by atoms with van der Waals surface area (Å²) in [6.45, 7) is 0.972. The molecule has 124 valence electrons. The topological polar surface area (TPSA) is 53.2 Å². The number of hydrogen-bond donors (Lipinski definition) is 3. The summed E-state index contributed by atoms with van der Waals surface area (Å²) < 4.78 is 0. The van der Waals surface area contributed by atoms with Crippen molar-refractivity contribution in [2.24, 2.45) is 11.8 Å². The van der Waals surface area contributed by atoms with Gasteiger partial charge in [0.25, 0.3) is 0 Å².